The Morgan fingerprint density at radius 3 is 2.36 bits per heavy atom. The second kappa shape index (κ2) is 3.57. The molecule has 0 aromatic heterocycles. The van der Waals surface area contributed by atoms with Crippen molar-refractivity contribution in [2.45, 2.75) is 6.18 Å². The molecule has 0 aliphatic heterocycles. The molecule has 0 bridgehead atoms. The van der Waals surface area contributed by atoms with E-state index in [4.69, 9.17) is 5.11 Å². The van der Waals surface area contributed by atoms with Crippen molar-refractivity contribution in [3.05, 3.63) is 29.8 Å². The third-order valence-electron chi connectivity index (χ3n) is 1.47. The quantitative estimate of drug-likeness (QED) is 0.740. The molecular weight excluding hydrogens is 199 g/mol. The van der Waals surface area contributed by atoms with Crippen LogP contribution in [-0.4, -0.2) is 11.2 Å². The molecule has 0 saturated heterocycles. The van der Waals surface area contributed by atoms with Gasteiger partial charge in [0.15, 0.2) is 0 Å². The summed E-state index contributed by atoms with van der Waals surface area (Å²) in [7, 11) is 0. The minimum atomic E-state index is -4.56. The molecule has 6 heteroatoms. The Hall–Kier alpha value is -1.72. The number of halogens is 3. The van der Waals surface area contributed by atoms with Crippen LogP contribution in [-0.2, 0) is 6.18 Å². The minimum absolute atomic E-state index is 0.465. The highest BCUT2D eigenvalue weighted by molar-refractivity contribution is 5.84. The molecule has 1 amide bonds. The van der Waals surface area contributed by atoms with Gasteiger partial charge >= 0.3 is 12.3 Å². The summed E-state index contributed by atoms with van der Waals surface area (Å²) in [6, 6.07) is 4.37. The lowest BCUT2D eigenvalue weighted by molar-refractivity contribution is -0.136. The van der Waals surface area contributed by atoms with Crippen molar-refractivity contribution in [3.8, 4) is 0 Å². The average Bonchev–Trinajstić information content (AvgIpc) is 2.01. The third kappa shape index (κ3) is 2.38. The molecule has 0 spiro atoms. The second-order valence-corrected chi connectivity index (χ2v) is 2.47. The number of hydrogen-bond acceptors (Lipinski definition) is 1. The van der Waals surface area contributed by atoms with Crippen LogP contribution in [0.5, 0.6) is 0 Å². The van der Waals surface area contributed by atoms with Crippen LogP contribution in [0, 0.1) is 0 Å². The number of hydrogen-bond donors (Lipinski definition) is 2. The Morgan fingerprint density at radius 1 is 1.29 bits per heavy atom. The van der Waals surface area contributed by atoms with E-state index in [1.807, 2.05) is 0 Å². The van der Waals surface area contributed by atoms with Gasteiger partial charge in [-0.25, -0.2) is 4.79 Å². The van der Waals surface area contributed by atoms with Crippen molar-refractivity contribution in [2.24, 2.45) is 0 Å². The summed E-state index contributed by atoms with van der Waals surface area (Å²) < 4.78 is 36.8. The van der Waals surface area contributed by atoms with Crippen molar-refractivity contribution in [2.75, 3.05) is 5.32 Å². The van der Waals surface area contributed by atoms with E-state index in [2.05, 4.69) is 0 Å². The molecule has 1 aromatic carbocycles. The normalized spacial score (nSPS) is 11.1. The zero-order valence-electron chi connectivity index (χ0n) is 6.80. The third-order valence-corrected chi connectivity index (χ3v) is 1.47. The van der Waals surface area contributed by atoms with Gasteiger partial charge in [-0.3, -0.25) is 5.32 Å². The number of amides is 1. The van der Waals surface area contributed by atoms with Gasteiger partial charge in [0.25, 0.3) is 0 Å². The predicted molar refractivity (Wildman–Crippen MR) is 43.1 cm³/mol. The number of nitrogens with one attached hydrogen (secondary N) is 1. The second-order valence-electron chi connectivity index (χ2n) is 2.47. The summed E-state index contributed by atoms with van der Waals surface area (Å²) in [6.45, 7) is 0. The zero-order valence-corrected chi connectivity index (χ0v) is 6.80. The summed E-state index contributed by atoms with van der Waals surface area (Å²) in [5.41, 5.74) is -1.46. The van der Waals surface area contributed by atoms with Crippen molar-refractivity contribution in [1.29, 1.82) is 0 Å². The van der Waals surface area contributed by atoms with Crippen LogP contribution in [0.1, 0.15) is 5.56 Å². The van der Waals surface area contributed by atoms with Crippen molar-refractivity contribution in [1.82, 2.24) is 0 Å². The highest BCUT2D eigenvalue weighted by atomic mass is 19.4. The SMILES string of the molecule is O=C(O)Nc1ccccc1C(F)(F)F. The summed E-state index contributed by atoms with van der Waals surface area (Å²) in [6.07, 6.45) is -6.08. The maximum atomic E-state index is 12.3. The van der Waals surface area contributed by atoms with Crippen LogP contribution < -0.4 is 5.32 Å². The van der Waals surface area contributed by atoms with Gasteiger partial charge in [-0.1, -0.05) is 12.1 Å². The van der Waals surface area contributed by atoms with E-state index in [1.165, 1.54) is 12.1 Å². The highest BCUT2D eigenvalue weighted by Gasteiger charge is 2.33. The van der Waals surface area contributed by atoms with Gasteiger partial charge in [0.1, 0.15) is 0 Å². The first-order valence-electron chi connectivity index (χ1n) is 3.57. The molecule has 14 heavy (non-hydrogen) atoms. The lowest BCUT2D eigenvalue weighted by Crippen LogP contribution is -2.14. The van der Waals surface area contributed by atoms with Crippen LogP contribution in [0.2, 0.25) is 0 Å². The first-order valence-corrected chi connectivity index (χ1v) is 3.57. The molecular formula is C8H6F3NO2. The van der Waals surface area contributed by atoms with E-state index < -0.39 is 23.5 Å². The fraction of sp³-hybridized carbons (Fsp3) is 0.125. The summed E-state index contributed by atoms with van der Waals surface area (Å²) >= 11 is 0. The maximum Gasteiger partial charge on any atom is 0.418 e. The van der Waals surface area contributed by atoms with Gasteiger partial charge in [-0.2, -0.15) is 13.2 Å². The Bertz CT molecular complexity index is 349. The number of para-hydroxylation sites is 1. The number of carboxylic acid groups (broad SMARTS) is 1. The zero-order chi connectivity index (χ0) is 10.8. The topological polar surface area (TPSA) is 49.3 Å². The number of anilines is 1. The lowest BCUT2D eigenvalue weighted by atomic mass is 10.2. The molecule has 3 nitrogen and oxygen atoms in total. The van der Waals surface area contributed by atoms with Crippen LogP contribution in [0.4, 0.5) is 23.7 Å². The molecule has 0 saturated carbocycles. The number of alkyl halides is 3. The molecule has 1 rings (SSSR count). The fourth-order valence-electron chi connectivity index (χ4n) is 0.955. The molecule has 0 heterocycles. The summed E-state index contributed by atoms with van der Waals surface area (Å²) in [5.74, 6) is 0. The van der Waals surface area contributed by atoms with Crippen LogP contribution in [0.25, 0.3) is 0 Å². The number of benzene rings is 1. The Balaban J connectivity index is 3.10. The standard InChI is InChI=1S/C8H6F3NO2/c9-8(10,11)5-3-1-2-4-6(5)12-7(13)14/h1-4,12H,(H,13,14). The molecule has 0 unspecified atom stereocenters. The monoisotopic (exact) mass is 205 g/mol. The molecule has 2 N–H and O–H groups in total. The van der Waals surface area contributed by atoms with Crippen molar-refractivity contribution >= 4 is 11.8 Å². The van der Waals surface area contributed by atoms with E-state index in [0.717, 1.165) is 12.1 Å². The maximum absolute atomic E-state index is 12.3. The molecule has 76 valence electrons. The fourth-order valence-corrected chi connectivity index (χ4v) is 0.955. The van der Waals surface area contributed by atoms with Gasteiger partial charge in [-0.05, 0) is 12.1 Å². The Kier molecular flexibility index (Phi) is 2.64. The van der Waals surface area contributed by atoms with Gasteiger partial charge in [0, 0.05) is 0 Å². The first-order chi connectivity index (χ1) is 6.41. The molecule has 0 aliphatic rings. The van der Waals surface area contributed by atoms with E-state index in [-0.39, 0.29) is 0 Å². The minimum Gasteiger partial charge on any atom is -0.465 e. The van der Waals surface area contributed by atoms with Gasteiger partial charge in [0.05, 0.1) is 11.3 Å². The van der Waals surface area contributed by atoms with Gasteiger partial charge in [0.2, 0.25) is 0 Å². The van der Waals surface area contributed by atoms with Crippen molar-refractivity contribution in [3.63, 3.8) is 0 Å². The smallest absolute Gasteiger partial charge is 0.418 e. The van der Waals surface area contributed by atoms with Crippen LogP contribution >= 0.6 is 0 Å². The largest absolute Gasteiger partial charge is 0.465 e. The molecule has 1 aromatic rings. The van der Waals surface area contributed by atoms with Crippen LogP contribution in [0.3, 0.4) is 0 Å². The average molecular weight is 205 g/mol. The van der Waals surface area contributed by atoms with Gasteiger partial charge in [-0.15, -0.1) is 0 Å². The number of rotatable bonds is 1. The number of carbonyl (C=O) groups is 1. The first kappa shape index (κ1) is 10.4. The Labute approximate surface area is 77.2 Å². The van der Waals surface area contributed by atoms with Gasteiger partial charge < -0.3 is 5.11 Å². The summed E-state index contributed by atoms with van der Waals surface area (Å²) in [4.78, 5) is 10.2. The van der Waals surface area contributed by atoms with E-state index in [1.54, 1.807) is 5.32 Å². The highest BCUT2D eigenvalue weighted by Crippen LogP contribution is 2.34. The Morgan fingerprint density at radius 2 is 1.86 bits per heavy atom. The predicted octanol–water partition coefficient (Wildman–Crippen LogP) is 2.80. The molecule has 0 atom stereocenters. The summed E-state index contributed by atoms with van der Waals surface area (Å²) in [5, 5.41) is 9.96. The molecule has 0 radical (unpaired) electrons. The van der Waals surface area contributed by atoms with Crippen molar-refractivity contribution < 1.29 is 23.1 Å². The van der Waals surface area contributed by atoms with E-state index >= 15 is 0 Å². The molecule has 0 fully saturated rings. The lowest BCUT2D eigenvalue weighted by Gasteiger charge is -2.11. The molecule has 0 aliphatic carbocycles. The van der Waals surface area contributed by atoms with E-state index in [9.17, 15) is 18.0 Å². The van der Waals surface area contributed by atoms with E-state index in [0.29, 0.717) is 0 Å². The van der Waals surface area contributed by atoms with Crippen LogP contribution in [0.15, 0.2) is 24.3 Å².